The van der Waals surface area contributed by atoms with Crippen LogP contribution in [0, 0.1) is 13.8 Å². The van der Waals surface area contributed by atoms with Crippen molar-refractivity contribution in [2.24, 2.45) is 0 Å². The van der Waals surface area contributed by atoms with Gasteiger partial charge in [-0.05, 0) is 25.5 Å². The minimum Gasteiger partial charge on any atom is -0.495 e. The molecule has 0 unspecified atom stereocenters. The molecule has 68 valence electrons. The van der Waals surface area contributed by atoms with Crippen LogP contribution in [0.5, 0.6) is 5.75 Å². The van der Waals surface area contributed by atoms with Crippen molar-refractivity contribution in [3.63, 3.8) is 0 Å². The zero-order valence-electron chi connectivity index (χ0n) is 8.51. The van der Waals surface area contributed by atoms with Crippen LogP contribution in [0.1, 0.15) is 25.1 Å². The second-order valence-corrected chi connectivity index (χ2v) is 2.30. The van der Waals surface area contributed by atoms with Gasteiger partial charge in [-0.1, -0.05) is 13.8 Å². The average molecular weight is 167 g/mol. The number of aromatic nitrogens is 1. The quantitative estimate of drug-likeness (QED) is 0.641. The molecule has 0 bridgehead atoms. The summed E-state index contributed by atoms with van der Waals surface area (Å²) in [6.07, 6.45) is 1.74. The van der Waals surface area contributed by atoms with Gasteiger partial charge in [-0.25, -0.2) is 0 Å². The summed E-state index contributed by atoms with van der Waals surface area (Å²) in [6.45, 7) is 7.97. The fourth-order valence-electron chi connectivity index (χ4n) is 0.898. The highest BCUT2D eigenvalue weighted by Crippen LogP contribution is 2.14. The number of hydrogen-bond donors (Lipinski definition) is 0. The Morgan fingerprint density at radius 2 is 1.83 bits per heavy atom. The molecular weight excluding hydrogens is 150 g/mol. The standard InChI is InChI=1S/C8H11NO.C2H6/c1-6-4-7(2)9-5-8(6)10-3;1-2/h4-5H,1-3H3;1-2H3. The van der Waals surface area contributed by atoms with E-state index >= 15 is 0 Å². The molecular formula is C10H17NO. The number of methoxy groups -OCH3 is 1. The van der Waals surface area contributed by atoms with Gasteiger partial charge >= 0.3 is 0 Å². The number of nitrogens with zero attached hydrogens (tertiary/aromatic N) is 1. The third-order valence-electron chi connectivity index (χ3n) is 1.42. The molecule has 0 N–H and O–H groups in total. The van der Waals surface area contributed by atoms with Crippen molar-refractivity contribution in [2.45, 2.75) is 27.7 Å². The second-order valence-electron chi connectivity index (χ2n) is 2.30. The van der Waals surface area contributed by atoms with Crippen LogP contribution in [0.2, 0.25) is 0 Å². The fraction of sp³-hybridized carbons (Fsp3) is 0.500. The van der Waals surface area contributed by atoms with E-state index in [1.165, 1.54) is 0 Å². The zero-order valence-corrected chi connectivity index (χ0v) is 8.51. The van der Waals surface area contributed by atoms with E-state index < -0.39 is 0 Å². The average Bonchev–Trinajstić information content (AvgIpc) is 2.08. The zero-order chi connectivity index (χ0) is 9.56. The lowest BCUT2D eigenvalue weighted by Crippen LogP contribution is -1.89. The Balaban J connectivity index is 0.000000561. The van der Waals surface area contributed by atoms with Crippen molar-refractivity contribution in [3.8, 4) is 5.75 Å². The molecule has 0 spiro atoms. The van der Waals surface area contributed by atoms with E-state index in [0.717, 1.165) is 17.0 Å². The molecule has 0 aliphatic carbocycles. The number of rotatable bonds is 1. The molecule has 0 saturated heterocycles. The van der Waals surface area contributed by atoms with Crippen molar-refractivity contribution in [1.82, 2.24) is 4.98 Å². The Labute approximate surface area is 74.6 Å². The van der Waals surface area contributed by atoms with Crippen molar-refractivity contribution in [3.05, 3.63) is 23.5 Å². The summed E-state index contributed by atoms with van der Waals surface area (Å²) < 4.78 is 5.04. The first-order valence-electron chi connectivity index (χ1n) is 4.21. The fourth-order valence-corrected chi connectivity index (χ4v) is 0.898. The molecule has 1 heterocycles. The predicted octanol–water partition coefficient (Wildman–Crippen LogP) is 2.73. The van der Waals surface area contributed by atoms with Gasteiger partial charge in [-0.2, -0.15) is 0 Å². The molecule has 1 aromatic rings. The van der Waals surface area contributed by atoms with Gasteiger partial charge in [0.2, 0.25) is 0 Å². The van der Waals surface area contributed by atoms with E-state index in [2.05, 4.69) is 4.98 Å². The lowest BCUT2D eigenvalue weighted by molar-refractivity contribution is 0.409. The van der Waals surface area contributed by atoms with Crippen molar-refractivity contribution < 1.29 is 4.74 Å². The predicted molar refractivity (Wildman–Crippen MR) is 51.6 cm³/mol. The maximum atomic E-state index is 5.04. The van der Waals surface area contributed by atoms with E-state index in [9.17, 15) is 0 Å². The summed E-state index contributed by atoms with van der Waals surface area (Å²) in [4.78, 5) is 4.09. The molecule has 0 fully saturated rings. The van der Waals surface area contributed by atoms with Crippen LogP contribution < -0.4 is 4.74 Å². The number of pyridine rings is 1. The first-order valence-corrected chi connectivity index (χ1v) is 4.21. The number of hydrogen-bond acceptors (Lipinski definition) is 2. The summed E-state index contributed by atoms with van der Waals surface area (Å²) in [5.74, 6) is 0.852. The molecule has 0 radical (unpaired) electrons. The highest BCUT2D eigenvalue weighted by atomic mass is 16.5. The molecule has 0 aliphatic heterocycles. The van der Waals surface area contributed by atoms with Crippen LogP contribution in [0.3, 0.4) is 0 Å². The first kappa shape index (κ1) is 11.0. The largest absolute Gasteiger partial charge is 0.495 e. The summed E-state index contributed by atoms with van der Waals surface area (Å²) in [7, 11) is 1.65. The summed E-state index contributed by atoms with van der Waals surface area (Å²) in [5, 5.41) is 0. The van der Waals surface area contributed by atoms with E-state index in [1.807, 2.05) is 33.8 Å². The van der Waals surface area contributed by atoms with Gasteiger partial charge in [0, 0.05) is 5.69 Å². The number of ether oxygens (including phenoxy) is 1. The summed E-state index contributed by atoms with van der Waals surface area (Å²) in [6, 6.07) is 2.00. The van der Waals surface area contributed by atoms with Gasteiger partial charge in [0.25, 0.3) is 0 Å². The van der Waals surface area contributed by atoms with Gasteiger partial charge < -0.3 is 4.74 Å². The van der Waals surface area contributed by atoms with Crippen LogP contribution in [0.25, 0.3) is 0 Å². The lowest BCUT2D eigenvalue weighted by atomic mass is 10.2. The van der Waals surface area contributed by atoms with Crippen LogP contribution in [0.4, 0.5) is 0 Å². The Morgan fingerprint density at radius 1 is 1.25 bits per heavy atom. The Morgan fingerprint density at radius 3 is 2.25 bits per heavy atom. The molecule has 0 aromatic carbocycles. The normalized spacial score (nSPS) is 8.42. The monoisotopic (exact) mass is 167 g/mol. The highest BCUT2D eigenvalue weighted by molar-refractivity contribution is 5.30. The third-order valence-corrected chi connectivity index (χ3v) is 1.42. The lowest BCUT2D eigenvalue weighted by Gasteiger charge is -2.02. The minimum atomic E-state index is 0.852. The molecule has 0 aliphatic rings. The van der Waals surface area contributed by atoms with Crippen molar-refractivity contribution >= 4 is 0 Å². The van der Waals surface area contributed by atoms with Crippen LogP contribution in [-0.2, 0) is 0 Å². The Hall–Kier alpha value is -1.05. The molecule has 2 nitrogen and oxygen atoms in total. The van der Waals surface area contributed by atoms with Crippen molar-refractivity contribution in [1.29, 1.82) is 0 Å². The second kappa shape index (κ2) is 5.58. The third kappa shape index (κ3) is 2.91. The van der Waals surface area contributed by atoms with Gasteiger partial charge in [-0.15, -0.1) is 0 Å². The van der Waals surface area contributed by atoms with Gasteiger partial charge in [0.1, 0.15) is 5.75 Å². The molecule has 0 atom stereocenters. The molecule has 1 aromatic heterocycles. The molecule has 0 saturated carbocycles. The smallest absolute Gasteiger partial charge is 0.140 e. The molecule has 2 heteroatoms. The van der Waals surface area contributed by atoms with Crippen LogP contribution in [0.15, 0.2) is 12.3 Å². The highest BCUT2D eigenvalue weighted by Gasteiger charge is 1.96. The topological polar surface area (TPSA) is 22.1 Å². The van der Waals surface area contributed by atoms with Gasteiger partial charge in [0.15, 0.2) is 0 Å². The van der Waals surface area contributed by atoms with E-state index in [-0.39, 0.29) is 0 Å². The first-order chi connectivity index (χ1) is 5.74. The maximum absolute atomic E-state index is 5.04. The molecule has 1 rings (SSSR count). The Bertz CT molecular complexity index is 233. The summed E-state index contributed by atoms with van der Waals surface area (Å²) in [5.41, 5.74) is 2.16. The van der Waals surface area contributed by atoms with Gasteiger partial charge in [0.05, 0.1) is 13.3 Å². The summed E-state index contributed by atoms with van der Waals surface area (Å²) >= 11 is 0. The van der Waals surface area contributed by atoms with E-state index in [4.69, 9.17) is 4.74 Å². The minimum absolute atomic E-state index is 0.852. The van der Waals surface area contributed by atoms with Crippen LogP contribution >= 0.6 is 0 Å². The van der Waals surface area contributed by atoms with Crippen molar-refractivity contribution in [2.75, 3.05) is 7.11 Å². The Kier molecular flexibility index (Phi) is 5.09. The molecule has 12 heavy (non-hydrogen) atoms. The molecule has 0 amide bonds. The van der Waals surface area contributed by atoms with E-state index in [1.54, 1.807) is 13.3 Å². The van der Waals surface area contributed by atoms with Gasteiger partial charge in [-0.3, -0.25) is 4.98 Å². The number of aryl methyl sites for hydroxylation is 2. The maximum Gasteiger partial charge on any atom is 0.140 e. The van der Waals surface area contributed by atoms with E-state index in [0.29, 0.717) is 0 Å². The SMILES string of the molecule is CC.COc1cnc(C)cc1C. The van der Waals surface area contributed by atoms with Crippen LogP contribution in [-0.4, -0.2) is 12.1 Å².